The standard InChI is InChI=1S/C22H16N2.C17H18N2O2.C16H16N2O.C16H12N2.C14H14N2.C14H12N2.C12H12N4/c23-21-13-9-19(10-14-21)7-5-17-1-2-18(4-3-17)6-8-20-11-15-22(24)16-12-20;1-12-2-4-13(5-3-12)6-7-17(20)21-11-14-8-15(18)10-16(19)9-14;17-14-6-1-12(2-7-14)5-10-16(19)11-13-3-8-15(18)9-4-13;17-15-9-5-13(6-10-15)3-1-2-4-14-7-11-16(18)12-8-14;2*15-13-7-3-11(4-8-13)1-2-12-5-9-14(16)10-6-12;13-9-1-5-11(6-2-9)15-16-12-7-3-10(14)4-8-12/h1-4,9-16H,23-24H2;2-10H,11,18-19H2,1H3;1-10H,11,17-18H2;5-12H,17-18H2;1-10H,15-16H2;3-10H,15-16H2;1-8H,13-14H2/b;7-6+;10-5+;;2-1+;;. The number of nitrogens with zero attached hydrogens (tertiary/aromatic N) is 2. The zero-order valence-corrected chi connectivity index (χ0v) is 71.6. The minimum absolute atomic E-state index is 0.0570. The summed E-state index contributed by atoms with van der Waals surface area (Å²) < 4.78 is 5.15. The molecule has 0 radical (unpaired) electrons. The van der Waals surface area contributed by atoms with E-state index in [2.05, 4.69) is 69.4 Å². The number of benzene rings is 15. The van der Waals surface area contributed by atoms with Crippen molar-refractivity contribution in [1.29, 1.82) is 0 Å². The Kier molecular flexibility index (Phi) is 37.5. The zero-order chi connectivity index (χ0) is 92.6. The van der Waals surface area contributed by atoms with Crippen molar-refractivity contribution >= 4 is 127 Å². The van der Waals surface area contributed by atoms with Gasteiger partial charge in [0.2, 0.25) is 0 Å². The second kappa shape index (κ2) is 51.2. The fraction of sp³-hybridized carbons (Fsp3) is 0.0270. The summed E-state index contributed by atoms with van der Waals surface area (Å²) in [7, 11) is 0. The Morgan fingerprint density at radius 2 is 0.469 bits per heavy atom. The molecule has 130 heavy (non-hydrogen) atoms. The molecule has 0 bridgehead atoms. The van der Waals surface area contributed by atoms with Gasteiger partial charge in [-0.15, -0.1) is 0 Å². The number of ketones is 1. The van der Waals surface area contributed by atoms with Gasteiger partial charge in [0.15, 0.2) is 5.78 Å². The van der Waals surface area contributed by atoms with Crippen LogP contribution in [0.1, 0.15) is 83.5 Å². The third kappa shape index (κ3) is 37.7. The molecule has 28 N–H and O–H groups in total. The van der Waals surface area contributed by atoms with Crippen LogP contribution in [-0.2, 0) is 27.4 Å². The van der Waals surface area contributed by atoms with Crippen LogP contribution in [0.15, 0.2) is 380 Å². The second-order valence-corrected chi connectivity index (χ2v) is 28.9. The van der Waals surface area contributed by atoms with Gasteiger partial charge in [0, 0.05) is 137 Å². The minimum Gasteiger partial charge on any atom is -0.458 e. The SMILES string of the molecule is Cc1ccc(/C=C/C(=O)OCc2cc(N)cc(N)c2)cc1.Nc1ccc(/C=C/C(=O)Cc2ccc(N)cc2)cc1.Nc1ccc(/C=C/c2ccc(N)cc2)cc1.Nc1ccc(C#CC#Cc2ccc(N)cc2)cc1.Nc1ccc(C#Cc2ccc(C#Cc3ccc(N)cc3)cc2)cc1.Nc1ccc(C#Cc2ccc(N)cc2)cc1.Nc1ccc(N=Nc2ccc(N)cc2)cc1. The smallest absolute Gasteiger partial charge is 0.331 e. The molecule has 0 amide bonds. The number of hydrogen-bond acceptors (Lipinski definition) is 19. The lowest BCUT2D eigenvalue weighted by Gasteiger charge is -2.05. The summed E-state index contributed by atoms with van der Waals surface area (Å²) in [4.78, 5) is 23.4. The summed E-state index contributed by atoms with van der Waals surface area (Å²) in [6.07, 6.45) is 11.0. The summed E-state index contributed by atoms with van der Waals surface area (Å²) >= 11 is 0. The number of carbonyl (C=O) groups is 2. The molecule has 642 valence electrons. The molecule has 15 aromatic carbocycles. The number of hydrogen-bond donors (Lipinski definition) is 14. The Balaban J connectivity index is 0.000000172. The minimum atomic E-state index is -0.406. The zero-order valence-electron chi connectivity index (χ0n) is 71.6. The van der Waals surface area contributed by atoms with E-state index in [0.717, 1.165) is 135 Å². The number of rotatable bonds is 12. The fourth-order valence-electron chi connectivity index (χ4n) is 10.8. The highest BCUT2D eigenvalue weighted by Crippen LogP contribution is 2.22. The highest BCUT2D eigenvalue weighted by Gasteiger charge is 2.05. The molecule has 0 spiro atoms. The van der Waals surface area contributed by atoms with Crippen molar-refractivity contribution in [2.75, 3.05) is 80.3 Å². The number of allylic oxidation sites excluding steroid dienone is 1. The van der Waals surface area contributed by atoms with Gasteiger partial charge in [-0.1, -0.05) is 144 Å². The lowest BCUT2D eigenvalue weighted by atomic mass is 10.1. The van der Waals surface area contributed by atoms with Crippen molar-refractivity contribution in [3.8, 4) is 59.2 Å². The fourth-order valence-corrected chi connectivity index (χ4v) is 10.8. The number of esters is 1. The van der Waals surface area contributed by atoms with Gasteiger partial charge in [0.1, 0.15) is 6.61 Å². The molecule has 0 fully saturated rings. The van der Waals surface area contributed by atoms with E-state index in [9.17, 15) is 9.59 Å². The van der Waals surface area contributed by atoms with Crippen LogP contribution in [0, 0.1) is 66.1 Å². The van der Waals surface area contributed by atoms with E-state index < -0.39 is 5.97 Å². The number of anilines is 14. The second-order valence-electron chi connectivity index (χ2n) is 28.9. The molecule has 15 rings (SSSR count). The van der Waals surface area contributed by atoms with Crippen molar-refractivity contribution in [1.82, 2.24) is 0 Å². The number of carbonyl (C=O) groups excluding carboxylic acids is 2. The van der Waals surface area contributed by atoms with E-state index in [1.54, 1.807) is 72.8 Å². The molecule has 0 atom stereocenters. The quantitative estimate of drug-likeness (QED) is 0.0135. The first-order valence-corrected chi connectivity index (χ1v) is 40.6. The molecule has 0 unspecified atom stereocenters. The topological polar surface area (TPSA) is 432 Å². The van der Waals surface area contributed by atoms with E-state index in [0.29, 0.717) is 40.5 Å². The third-order valence-electron chi connectivity index (χ3n) is 18.0. The maximum absolute atomic E-state index is 11.8. The highest BCUT2D eigenvalue weighted by atomic mass is 16.5. The van der Waals surface area contributed by atoms with E-state index in [4.69, 9.17) is 85.0 Å². The Bertz CT molecular complexity index is 6210. The lowest BCUT2D eigenvalue weighted by Crippen LogP contribution is -2.02. The van der Waals surface area contributed by atoms with Crippen LogP contribution in [0.25, 0.3) is 24.3 Å². The molecule has 0 aromatic heterocycles. The van der Waals surface area contributed by atoms with Crippen LogP contribution in [0.2, 0.25) is 0 Å². The van der Waals surface area contributed by atoms with Gasteiger partial charge in [0.05, 0.1) is 11.4 Å². The molecule has 0 aliphatic carbocycles. The Hall–Kier alpha value is -18.7. The van der Waals surface area contributed by atoms with Crippen molar-refractivity contribution in [2.24, 2.45) is 10.2 Å². The summed E-state index contributed by atoms with van der Waals surface area (Å²) in [6, 6.07) is 110. The molecular formula is C111H100N16O3. The molecular weight excluding hydrogens is 1610 g/mol. The highest BCUT2D eigenvalue weighted by molar-refractivity contribution is 5.95. The van der Waals surface area contributed by atoms with Gasteiger partial charge in [-0.05, 0) is 349 Å². The van der Waals surface area contributed by atoms with Crippen molar-refractivity contribution in [2.45, 2.75) is 20.0 Å². The Morgan fingerprint density at radius 1 is 0.246 bits per heavy atom. The van der Waals surface area contributed by atoms with Crippen LogP contribution in [-0.4, -0.2) is 11.8 Å². The number of azo groups is 1. The maximum atomic E-state index is 11.8. The van der Waals surface area contributed by atoms with Crippen LogP contribution in [0.3, 0.4) is 0 Å². The normalized spacial score (nSPS) is 10.0. The van der Waals surface area contributed by atoms with Crippen LogP contribution < -0.4 is 80.3 Å². The first-order chi connectivity index (χ1) is 62.8. The molecule has 0 aliphatic rings. The van der Waals surface area contributed by atoms with Crippen LogP contribution >= 0.6 is 0 Å². The van der Waals surface area contributed by atoms with Crippen LogP contribution in [0.5, 0.6) is 0 Å². The summed E-state index contributed by atoms with van der Waals surface area (Å²) in [6.45, 7) is 2.16. The van der Waals surface area contributed by atoms with Gasteiger partial charge < -0.3 is 85.0 Å². The molecule has 19 heteroatoms. The molecule has 0 heterocycles. The number of aryl methyl sites for hydroxylation is 1. The summed E-state index contributed by atoms with van der Waals surface area (Å²) in [5, 5.41) is 8.15. The van der Waals surface area contributed by atoms with E-state index in [1.807, 2.05) is 322 Å². The average Bonchev–Trinajstić information content (AvgIpc) is 0.873. The van der Waals surface area contributed by atoms with E-state index in [-0.39, 0.29) is 12.4 Å². The van der Waals surface area contributed by atoms with E-state index in [1.165, 1.54) is 11.6 Å². The van der Waals surface area contributed by atoms with E-state index >= 15 is 0 Å². The van der Waals surface area contributed by atoms with Gasteiger partial charge in [-0.25, -0.2) is 4.79 Å². The third-order valence-corrected chi connectivity index (χ3v) is 18.0. The predicted octanol–water partition coefficient (Wildman–Crippen LogP) is 20.0. The average molecular weight is 1710 g/mol. The van der Waals surface area contributed by atoms with Crippen molar-refractivity contribution in [3.63, 3.8) is 0 Å². The molecule has 19 nitrogen and oxygen atoms in total. The maximum Gasteiger partial charge on any atom is 0.331 e. The largest absolute Gasteiger partial charge is 0.458 e. The monoisotopic (exact) mass is 1700 g/mol. The molecule has 0 saturated heterocycles. The number of nitrogen functional groups attached to an aromatic ring is 14. The van der Waals surface area contributed by atoms with Gasteiger partial charge in [0.25, 0.3) is 0 Å². The van der Waals surface area contributed by atoms with Gasteiger partial charge in [-0.2, -0.15) is 10.2 Å². The molecule has 15 aromatic rings. The lowest BCUT2D eigenvalue weighted by molar-refractivity contribution is -0.138. The first-order valence-electron chi connectivity index (χ1n) is 40.6. The van der Waals surface area contributed by atoms with Gasteiger partial charge in [-0.3, -0.25) is 4.79 Å². The first kappa shape index (κ1) is 95.1. The predicted molar refractivity (Wildman–Crippen MR) is 545 cm³/mol. The Morgan fingerprint density at radius 3 is 0.754 bits per heavy atom. The summed E-state index contributed by atoms with van der Waals surface area (Å²) in [5.74, 6) is 29.8. The van der Waals surface area contributed by atoms with Crippen LogP contribution in [0.4, 0.5) is 91.0 Å². The Labute approximate surface area is 759 Å². The summed E-state index contributed by atoms with van der Waals surface area (Å²) in [5.41, 5.74) is 105. The van der Waals surface area contributed by atoms with Crippen molar-refractivity contribution in [3.05, 3.63) is 454 Å². The van der Waals surface area contributed by atoms with Crippen molar-refractivity contribution < 1.29 is 14.3 Å². The van der Waals surface area contributed by atoms with Gasteiger partial charge >= 0.3 is 5.97 Å². The number of ether oxygens (including phenoxy) is 1. The molecule has 0 saturated carbocycles. The number of nitrogens with two attached hydrogens (primary N) is 14. The molecule has 0 aliphatic heterocycles.